The summed E-state index contributed by atoms with van der Waals surface area (Å²) in [6, 6.07) is 13.6. The van der Waals surface area contributed by atoms with Crippen molar-refractivity contribution in [1.82, 2.24) is 24.8 Å². The van der Waals surface area contributed by atoms with Gasteiger partial charge in [0.15, 0.2) is 0 Å². The lowest BCUT2D eigenvalue weighted by Gasteiger charge is -2.39. The van der Waals surface area contributed by atoms with Crippen LogP contribution < -0.4 is 5.32 Å². The maximum absolute atomic E-state index is 9.34. The van der Waals surface area contributed by atoms with Crippen LogP contribution in [0, 0.1) is 6.92 Å². The lowest BCUT2D eigenvalue weighted by atomic mass is 10.0. The van der Waals surface area contributed by atoms with Crippen LogP contribution in [0.4, 0.5) is 11.6 Å². The van der Waals surface area contributed by atoms with Crippen LogP contribution in [0.25, 0.3) is 22.2 Å². The van der Waals surface area contributed by atoms with E-state index < -0.39 is 0 Å². The van der Waals surface area contributed by atoms with Gasteiger partial charge < -0.3 is 15.4 Å². The number of aliphatic hydroxyl groups is 1. The van der Waals surface area contributed by atoms with Crippen molar-refractivity contribution in [2.24, 2.45) is 0 Å². The van der Waals surface area contributed by atoms with E-state index in [1.807, 2.05) is 6.20 Å². The molecule has 3 N–H and O–H groups in total. The maximum atomic E-state index is 9.34. The van der Waals surface area contributed by atoms with Gasteiger partial charge in [0.05, 0.1) is 23.5 Å². The van der Waals surface area contributed by atoms with Crippen LogP contribution in [-0.4, -0.2) is 68.7 Å². The molecule has 0 amide bonds. The number of aromatic nitrogens is 3. The molecule has 0 spiro atoms. The van der Waals surface area contributed by atoms with Gasteiger partial charge in [-0.3, -0.25) is 9.80 Å². The van der Waals surface area contributed by atoms with Crippen LogP contribution in [0.15, 0.2) is 48.8 Å². The average molecular weight is 531 g/mol. The summed E-state index contributed by atoms with van der Waals surface area (Å²) in [5, 5.41) is 14.4. The minimum absolute atomic E-state index is 0.220. The molecule has 0 bridgehead atoms. The first-order valence-corrected chi connectivity index (χ1v) is 13.9. The third-order valence-electron chi connectivity index (χ3n) is 7.80. The van der Waals surface area contributed by atoms with E-state index in [9.17, 15) is 5.11 Å². The van der Waals surface area contributed by atoms with Crippen LogP contribution in [0.2, 0.25) is 5.02 Å². The van der Waals surface area contributed by atoms with E-state index in [1.54, 1.807) is 6.20 Å². The highest BCUT2D eigenvalue weighted by Gasteiger charge is 2.26. The van der Waals surface area contributed by atoms with Gasteiger partial charge in [0, 0.05) is 67.1 Å². The molecule has 0 unspecified atom stereocenters. The fourth-order valence-electron chi connectivity index (χ4n) is 5.65. The van der Waals surface area contributed by atoms with Crippen molar-refractivity contribution in [3.05, 3.63) is 70.5 Å². The van der Waals surface area contributed by atoms with E-state index in [0.717, 1.165) is 54.9 Å². The van der Waals surface area contributed by atoms with Crippen LogP contribution in [0.1, 0.15) is 42.4 Å². The Morgan fingerprint density at radius 2 is 2.03 bits per heavy atom. The highest BCUT2D eigenvalue weighted by molar-refractivity contribution is 6.33. The number of aromatic amines is 1. The summed E-state index contributed by atoms with van der Waals surface area (Å²) in [5.74, 6) is 1.18. The van der Waals surface area contributed by atoms with Gasteiger partial charge in [0.1, 0.15) is 0 Å². The van der Waals surface area contributed by atoms with E-state index in [-0.39, 0.29) is 6.61 Å². The number of H-pyrrole nitrogens is 1. The Kier molecular flexibility index (Phi) is 7.10. The first-order chi connectivity index (χ1) is 18.5. The molecule has 8 heteroatoms. The van der Waals surface area contributed by atoms with Gasteiger partial charge in [-0.15, -0.1) is 0 Å². The molecule has 2 aliphatic rings. The topological polar surface area (TPSA) is 80.3 Å². The Morgan fingerprint density at radius 1 is 1.16 bits per heavy atom. The second-order valence-corrected chi connectivity index (χ2v) is 11.3. The molecule has 0 radical (unpaired) electrons. The summed E-state index contributed by atoms with van der Waals surface area (Å²) in [6.07, 6.45) is 6.15. The van der Waals surface area contributed by atoms with E-state index in [0.29, 0.717) is 28.6 Å². The number of piperazine rings is 1. The normalized spacial score (nSPS) is 18.8. The Bertz CT molecular complexity index is 1450. The monoisotopic (exact) mass is 530 g/mol. The Morgan fingerprint density at radius 3 is 2.82 bits per heavy atom. The summed E-state index contributed by atoms with van der Waals surface area (Å²) in [6.45, 7) is 9.22. The number of halogens is 1. The number of fused-ring (bicyclic) bond motifs is 1. The van der Waals surface area contributed by atoms with Gasteiger partial charge in [-0.1, -0.05) is 29.8 Å². The van der Waals surface area contributed by atoms with Gasteiger partial charge >= 0.3 is 0 Å². The molecule has 3 heterocycles. The van der Waals surface area contributed by atoms with E-state index in [4.69, 9.17) is 16.6 Å². The number of aryl methyl sites for hydroxylation is 1. The summed E-state index contributed by atoms with van der Waals surface area (Å²) in [7, 11) is 0. The quantitative estimate of drug-likeness (QED) is 0.271. The molecular formula is C30H35ClN6O. The van der Waals surface area contributed by atoms with E-state index in [1.165, 1.54) is 29.5 Å². The maximum Gasteiger partial charge on any atom is 0.227 e. The molecular weight excluding hydrogens is 496 g/mol. The zero-order valence-electron chi connectivity index (χ0n) is 22.0. The van der Waals surface area contributed by atoms with Gasteiger partial charge in [-0.25, -0.2) is 9.97 Å². The molecule has 2 aromatic carbocycles. The lowest BCUT2D eigenvalue weighted by Crippen LogP contribution is -2.52. The number of hydrogen-bond acceptors (Lipinski definition) is 6. The van der Waals surface area contributed by atoms with Gasteiger partial charge in [0.2, 0.25) is 5.95 Å². The number of nitrogens with zero attached hydrogens (tertiary/aromatic N) is 4. The van der Waals surface area contributed by atoms with Gasteiger partial charge in [0.25, 0.3) is 0 Å². The molecule has 1 aliphatic heterocycles. The molecule has 6 rings (SSSR count). The first kappa shape index (κ1) is 25.3. The Labute approximate surface area is 228 Å². The number of anilines is 2. The highest BCUT2D eigenvalue weighted by Crippen LogP contribution is 2.42. The molecule has 4 aromatic rings. The number of β-amino-alcohol motifs (C(OH)–C–C–N with tert-alkyl or cyclic N) is 1. The Balaban J connectivity index is 1.25. The molecule has 1 atom stereocenters. The van der Waals surface area contributed by atoms with Crippen LogP contribution in [-0.2, 0) is 6.54 Å². The van der Waals surface area contributed by atoms with Crippen LogP contribution in [0.3, 0.4) is 0 Å². The van der Waals surface area contributed by atoms with Crippen molar-refractivity contribution < 1.29 is 5.11 Å². The predicted molar refractivity (Wildman–Crippen MR) is 154 cm³/mol. The lowest BCUT2D eigenvalue weighted by molar-refractivity contribution is 0.0647. The molecule has 7 nitrogen and oxygen atoms in total. The third kappa shape index (κ3) is 5.43. The summed E-state index contributed by atoms with van der Waals surface area (Å²) >= 11 is 6.58. The standard InChI is InChI=1S/C30H35ClN6O/c1-19-3-6-25-26(15-32-28(25)11-19)29-27(31)16-33-30(35-29)34-24-13-21(12-23(14-24)22-4-5-22)18-36-7-8-37(9-10-38)20(2)17-36/h3,6,11-16,20,22,32,38H,4-5,7-10,17-18H2,1-2H3,(H,33,34,35)/t20-/m0/s1. The molecule has 1 saturated carbocycles. The number of nitrogens with one attached hydrogen (secondary N) is 2. The second kappa shape index (κ2) is 10.7. The van der Waals surface area contributed by atoms with Gasteiger partial charge in [-0.05, 0) is 67.5 Å². The average Bonchev–Trinajstić information content (AvgIpc) is 3.67. The summed E-state index contributed by atoms with van der Waals surface area (Å²) in [5.41, 5.74) is 7.66. The molecule has 2 aromatic heterocycles. The third-order valence-corrected chi connectivity index (χ3v) is 8.08. The van der Waals surface area contributed by atoms with Crippen molar-refractivity contribution >= 4 is 34.1 Å². The van der Waals surface area contributed by atoms with Crippen molar-refractivity contribution in [2.75, 3.05) is 38.1 Å². The number of benzene rings is 2. The van der Waals surface area contributed by atoms with Crippen molar-refractivity contribution in [2.45, 2.75) is 45.2 Å². The molecule has 1 aliphatic carbocycles. The zero-order valence-corrected chi connectivity index (χ0v) is 22.8. The summed E-state index contributed by atoms with van der Waals surface area (Å²) in [4.78, 5) is 17.6. The van der Waals surface area contributed by atoms with E-state index in [2.05, 4.69) is 75.3 Å². The number of rotatable bonds is 8. The van der Waals surface area contributed by atoms with Gasteiger partial charge in [-0.2, -0.15) is 0 Å². The van der Waals surface area contributed by atoms with Crippen molar-refractivity contribution in [3.63, 3.8) is 0 Å². The fraction of sp³-hybridized carbons (Fsp3) is 0.400. The summed E-state index contributed by atoms with van der Waals surface area (Å²) < 4.78 is 0. The zero-order chi connectivity index (χ0) is 26.2. The fourth-order valence-corrected chi connectivity index (χ4v) is 5.84. The molecule has 198 valence electrons. The SMILES string of the molecule is Cc1ccc2c(-c3nc(Nc4cc(CN5CCN(CCO)[C@@H](C)C5)cc(C5CC5)c4)ncc3Cl)c[nH]c2c1. The van der Waals surface area contributed by atoms with Crippen molar-refractivity contribution in [1.29, 1.82) is 0 Å². The van der Waals surface area contributed by atoms with E-state index >= 15 is 0 Å². The van der Waals surface area contributed by atoms with Crippen LogP contribution >= 0.6 is 11.6 Å². The van der Waals surface area contributed by atoms with Crippen molar-refractivity contribution in [3.8, 4) is 11.3 Å². The molecule has 38 heavy (non-hydrogen) atoms. The second-order valence-electron chi connectivity index (χ2n) is 10.8. The number of aliphatic hydroxyl groups excluding tert-OH is 1. The largest absolute Gasteiger partial charge is 0.395 e. The minimum atomic E-state index is 0.220. The Hall–Kier alpha value is -2.97. The van der Waals surface area contributed by atoms with Crippen LogP contribution in [0.5, 0.6) is 0 Å². The predicted octanol–water partition coefficient (Wildman–Crippen LogP) is 5.71. The smallest absolute Gasteiger partial charge is 0.227 e. The molecule has 2 fully saturated rings. The molecule has 1 saturated heterocycles. The number of hydrogen-bond donors (Lipinski definition) is 3. The highest BCUT2D eigenvalue weighted by atomic mass is 35.5. The first-order valence-electron chi connectivity index (χ1n) is 13.6. The minimum Gasteiger partial charge on any atom is -0.395 e.